The van der Waals surface area contributed by atoms with Crippen LogP contribution in [-0.2, 0) is 22.6 Å². The number of nitrogens with zero attached hydrogens (tertiary/aromatic N) is 1. The average molecular weight is 395 g/mol. The van der Waals surface area contributed by atoms with Gasteiger partial charge in [-0.15, -0.1) is 0 Å². The maximum absolute atomic E-state index is 13.3. The zero-order valence-electron chi connectivity index (χ0n) is 18.4. The molecule has 2 aromatic carbocycles. The molecule has 0 aliphatic rings. The van der Waals surface area contributed by atoms with Crippen molar-refractivity contribution in [2.75, 3.05) is 0 Å². The van der Waals surface area contributed by atoms with Crippen molar-refractivity contribution in [3.05, 3.63) is 70.8 Å². The summed E-state index contributed by atoms with van der Waals surface area (Å²) in [5, 5.41) is 3.05. The van der Waals surface area contributed by atoms with E-state index in [0.29, 0.717) is 19.4 Å². The predicted octanol–water partition coefficient (Wildman–Crippen LogP) is 4.57. The lowest BCUT2D eigenvalue weighted by atomic mass is 10.0. The SMILES string of the molecule is CCC(C)NC(=O)C(CC)N(Cc1ccccc1C)C(=O)Cc1ccc(C)cc1. The first-order chi connectivity index (χ1) is 13.8. The van der Waals surface area contributed by atoms with Gasteiger partial charge < -0.3 is 10.2 Å². The third-order valence-corrected chi connectivity index (χ3v) is 5.46. The standard InChI is InChI=1S/C25H34N2O2/c1-6-20(5)26-25(29)23(7-2)27(17-22-11-9-8-10-19(22)4)24(28)16-21-14-12-18(3)13-15-21/h8-15,20,23H,6-7,16-17H2,1-5H3,(H,26,29). The summed E-state index contributed by atoms with van der Waals surface area (Å²) in [6.45, 7) is 10.5. The Balaban J connectivity index is 2.30. The Morgan fingerprint density at radius 3 is 2.21 bits per heavy atom. The maximum Gasteiger partial charge on any atom is 0.243 e. The molecule has 0 aliphatic heterocycles. The van der Waals surface area contributed by atoms with Crippen LogP contribution in [0.25, 0.3) is 0 Å². The van der Waals surface area contributed by atoms with Crippen LogP contribution in [0, 0.1) is 13.8 Å². The number of aryl methyl sites for hydroxylation is 2. The van der Waals surface area contributed by atoms with Gasteiger partial charge in [-0.05, 0) is 50.3 Å². The zero-order chi connectivity index (χ0) is 21.4. The van der Waals surface area contributed by atoms with Crippen LogP contribution in [0.5, 0.6) is 0 Å². The van der Waals surface area contributed by atoms with E-state index in [0.717, 1.165) is 28.7 Å². The Kier molecular flexibility index (Phi) is 8.44. The molecule has 2 amide bonds. The van der Waals surface area contributed by atoms with E-state index in [1.165, 1.54) is 0 Å². The molecular weight excluding hydrogens is 360 g/mol. The van der Waals surface area contributed by atoms with Crippen LogP contribution in [-0.4, -0.2) is 28.8 Å². The van der Waals surface area contributed by atoms with Crippen LogP contribution in [0.4, 0.5) is 0 Å². The molecule has 2 aromatic rings. The minimum atomic E-state index is -0.485. The largest absolute Gasteiger partial charge is 0.352 e. The molecular formula is C25H34N2O2. The molecule has 2 atom stereocenters. The van der Waals surface area contributed by atoms with Crippen molar-refractivity contribution >= 4 is 11.8 Å². The van der Waals surface area contributed by atoms with E-state index >= 15 is 0 Å². The van der Waals surface area contributed by atoms with Crippen molar-refractivity contribution in [1.82, 2.24) is 10.2 Å². The number of nitrogens with one attached hydrogen (secondary N) is 1. The highest BCUT2D eigenvalue weighted by atomic mass is 16.2. The number of hydrogen-bond acceptors (Lipinski definition) is 2. The Labute approximate surface area is 175 Å². The van der Waals surface area contributed by atoms with Gasteiger partial charge >= 0.3 is 0 Å². The van der Waals surface area contributed by atoms with Gasteiger partial charge in [0.2, 0.25) is 11.8 Å². The van der Waals surface area contributed by atoms with Crippen molar-refractivity contribution in [2.45, 2.75) is 72.5 Å². The fraction of sp³-hybridized carbons (Fsp3) is 0.440. The third kappa shape index (κ3) is 6.45. The molecule has 1 N–H and O–H groups in total. The van der Waals surface area contributed by atoms with Gasteiger partial charge in [-0.25, -0.2) is 0 Å². The van der Waals surface area contributed by atoms with Gasteiger partial charge in [0.15, 0.2) is 0 Å². The highest BCUT2D eigenvalue weighted by molar-refractivity contribution is 5.88. The Morgan fingerprint density at radius 1 is 0.966 bits per heavy atom. The second-order valence-electron chi connectivity index (χ2n) is 7.85. The zero-order valence-corrected chi connectivity index (χ0v) is 18.4. The first kappa shape index (κ1) is 22.7. The summed E-state index contributed by atoms with van der Waals surface area (Å²) in [6.07, 6.45) is 1.73. The van der Waals surface area contributed by atoms with Crippen molar-refractivity contribution in [3.8, 4) is 0 Å². The molecule has 0 bridgehead atoms. The highest BCUT2D eigenvalue weighted by Crippen LogP contribution is 2.17. The Morgan fingerprint density at radius 2 is 1.62 bits per heavy atom. The fourth-order valence-electron chi connectivity index (χ4n) is 3.31. The molecule has 0 radical (unpaired) electrons. The second-order valence-corrected chi connectivity index (χ2v) is 7.85. The maximum atomic E-state index is 13.3. The van der Waals surface area contributed by atoms with Gasteiger partial charge in [0.1, 0.15) is 6.04 Å². The number of benzene rings is 2. The van der Waals surface area contributed by atoms with E-state index in [2.05, 4.69) is 5.32 Å². The molecule has 0 aromatic heterocycles. The predicted molar refractivity (Wildman–Crippen MR) is 119 cm³/mol. The van der Waals surface area contributed by atoms with Crippen LogP contribution in [0.2, 0.25) is 0 Å². The highest BCUT2D eigenvalue weighted by Gasteiger charge is 2.29. The van der Waals surface area contributed by atoms with Gasteiger partial charge in [-0.1, -0.05) is 67.9 Å². The second kappa shape index (κ2) is 10.8. The molecule has 0 saturated carbocycles. The summed E-state index contributed by atoms with van der Waals surface area (Å²) in [7, 11) is 0. The third-order valence-electron chi connectivity index (χ3n) is 5.46. The lowest BCUT2D eigenvalue weighted by Crippen LogP contribution is -2.51. The lowest BCUT2D eigenvalue weighted by molar-refractivity contribution is -0.141. The van der Waals surface area contributed by atoms with Crippen LogP contribution >= 0.6 is 0 Å². The van der Waals surface area contributed by atoms with Gasteiger partial charge in [-0.3, -0.25) is 9.59 Å². The molecule has 4 heteroatoms. The first-order valence-corrected chi connectivity index (χ1v) is 10.6. The summed E-state index contributed by atoms with van der Waals surface area (Å²) >= 11 is 0. The summed E-state index contributed by atoms with van der Waals surface area (Å²) in [6, 6.07) is 15.6. The summed E-state index contributed by atoms with van der Waals surface area (Å²) in [4.78, 5) is 28.0. The summed E-state index contributed by atoms with van der Waals surface area (Å²) < 4.78 is 0. The molecule has 156 valence electrons. The molecule has 0 saturated heterocycles. The van der Waals surface area contributed by atoms with Crippen molar-refractivity contribution < 1.29 is 9.59 Å². The smallest absolute Gasteiger partial charge is 0.243 e. The van der Waals surface area contributed by atoms with E-state index in [1.54, 1.807) is 4.90 Å². The Hall–Kier alpha value is -2.62. The van der Waals surface area contributed by atoms with Gasteiger partial charge in [0.05, 0.1) is 6.42 Å². The molecule has 0 heterocycles. The van der Waals surface area contributed by atoms with Crippen LogP contribution in [0.15, 0.2) is 48.5 Å². The normalized spacial score (nSPS) is 12.9. The number of amides is 2. The fourth-order valence-corrected chi connectivity index (χ4v) is 3.31. The number of carbonyl (C=O) groups is 2. The number of hydrogen-bond donors (Lipinski definition) is 1. The summed E-state index contributed by atoms with van der Waals surface area (Å²) in [5.41, 5.74) is 4.32. The van der Waals surface area contributed by atoms with Crippen LogP contribution in [0.3, 0.4) is 0 Å². The molecule has 2 rings (SSSR count). The van der Waals surface area contributed by atoms with Crippen LogP contribution in [0.1, 0.15) is 55.9 Å². The molecule has 0 aliphatic carbocycles. The van der Waals surface area contributed by atoms with E-state index in [-0.39, 0.29) is 17.9 Å². The minimum Gasteiger partial charge on any atom is -0.352 e. The Bertz CT molecular complexity index is 814. The quantitative estimate of drug-likeness (QED) is 0.677. The summed E-state index contributed by atoms with van der Waals surface area (Å²) in [5.74, 6) is -0.101. The van der Waals surface area contributed by atoms with Crippen molar-refractivity contribution in [1.29, 1.82) is 0 Å². The van der Waals surface area contributed by atoms with E-state index in [9.17, 15) is 9.59 Å². The molecule has 4 nitrogen and oxygen atoms in total. The number of rotatable bonds is 9. The van der Waals surface area contributed by atoms with Gasteiger partial charge in [0, 0.05) is 12.6 Å². The average Bonchev–Trinajstić information content (AvgIpc) is 2.70. The first-order valence-electron chi connectivity index (χ1n) is 10.6. The topological polar surface area (TPSA) is 49.4 Å². The van der Waals surface area contributed by atoms with E-state index < -0.39 is 6.04 Å². The monoisotopic (exact) mass is 394 g/mol. The molecule has 29 heavy (non-hydrogen) atoms. The van der Waals surface area contributed by atoms with E-state index in [1.807, 2.05) is 83.1 Å². The number of carbonyl (C=O) groups excluding carboxylic acids is 2. The van der Waals surface area contributed by atoms with Gasteiger partial charge in [-0.2, -0.15) is 0 Å². The molecule has 0 fully saturated rings. The van der Waals surface area contributed by atoms with Crippen LogP contribution < -0.4 is 5.32 Å². The van der Waals surface area contributed by atoms with Crippen molar-refractivity contribution in [2.24, 2.45) is 0 Å². The molecule has 0 spiro atoms. The van der Waals surface area contributed by atoms with E-state index in [4.69, 9.17) is 0 Å². The molecule has 2 unspecified atom stereocenters. The lowest BCUT2D eigenvalue weighted by Gasteiger charge is -2.32. The minimum absolute atomic E-state index is 0.0248. The van der Waals surface area contributed by atoms with Gasteiger partial charge in [0.25, 0.3) is 0 Å². The van der Waals surface area contributed by atoms with Crippen molar-refractivity contribution in [3.63, 3.8) is 0 Å².